The Hall–Kier alpha value is -2.42. The Labute approximate surface area is 165 Å². The smallest absolute Gasteiger partial charge is 0.317 e. The number of anilines is 1. The number of amides is 3. The van der Waals surface area contributed by atoms with Crippen LogP contribution in [0, 0.1) is 5.41 Å². The van der Waals surface area contributed by atoms with Gasteiger partial charge in [-0.3, -0.25) is 4.79 Å². The average molecular weight is 387 g/mol. The van der Waals surface area contributed by atoms with E-state index in [1.165, 1.54) is 0 Å². The molecule has 2 aliphatic heterocycles. The lowest BCUT2D eigenvalue weighted by molar-refractivity contribution is -0.119. The number of urea groups is 1. The van der Waals surface area contributed by atoms with Crippen molar-refractivity contribution in [3.63, 3.8) is 0 Å². The van der Waals surface area contributed by atoms with Crippen LogP contribution in [-0.4, -0.2) is 78.3 Å². The van der Waals surface area contributed by atoms with Gasteiger partial charge >= 0.3 is 6.03 Å². The third kappa shape index (κ3) is 4.19. The molecule has 0 radical (unpaired) electrons. The maximum absolute atomic E-state index is 12.6. The van der Waals surface area contributed by atoms with E-state index in [9.17, 15) is 9.59 Å². The van der Waals surface area contributed by atoms with Crippen LogP contribution in [0.25, 0.3) is 0 Å². The van der Waals surface area contributed by atoms with Gasteiger partial charge in [-0.1, -0.05) is 0 Å². The van der Waals surface area contributed by atoms with Gasteiger partial charge in [-0.2, -0.15) is 5.10 Å². The molecule has 1 aromatic rings. The van der Waals surface area contributed by atoms with Crippen molar-refractivity contribution in [1.29, 1.82) is 0 Å². The lowest BCUT2D eigenvalue weighted by atomic mass is 10.0. The summed E-state index contributed by atoms with van der Waals surface area (Å²) in [6.45, 7) is 5.59. The van der Waals surface area contributed by atoms with E-state index >= 15 is 0 Å². The van der Waals surface area contributed by atoms with Crippen LogP contribution in [0.4, 0.5) is 10.6 Å². The summed E-state index contributed by atoms with van der Waals surface area (Å²) in [4.78, 5) is 30.2. The van der Waals surface area contributed by atoms with E-state index in [1.54, 1.807) is 0 Å². The summed E-state index contributed by atoms with van der Waals surface area (Å²) in [6.07, 6.45) is 2.96. The number of rotatable bonds is 5. The minimum Gasteiger partial charge on any atom is -0.370 e. The Bertz CT molecular complexity index is 757. The van der Waals surface area contributed by atoms with E-state index in [1.807, 2.05) is 4.90 Å². The Morgan fingerprint density at radius 3 is 2.61 bits per heavy atom. The second kappa shape index (κ2) is 7.54. The summed E-state index contributed by atoms with van der Waals surface area (Å²) in [5, 5.41) is 11.8. The largest absolute Gasteiger partial charge is 0.370 e. The van der Waals surface area contributed by atoms with Crippen LogP contribution in [0.1, 0.15) is 30.5 Å². The summed E-state index contributed by atoms with van der Waals surface area (Å²) >= 11 is 0. The van der Waals surface area contributed by atoms with Gasteiger partial charge in [0, 0.05) is 58.7 Å². The van der Waals surface area contributed by atoms with Gasteiger partial charge in [0.05, 0.1) is 5.69 Å². The molecule has 1 aliphatic carbocycles. The Balaban J connectivity index is 1.36. The topological polar surface area (TPSA) is 108 Å². The van der Waals surface area contributed by atoms with E-state index in [0.29, 0.717) is 32.5 Å². The highest BCUT2D eigenvalue weighted by molar-refractivity contribution is 5.76. The van der Waals surface area contributed by atoms with Crippen molar-refractivity contribution in [2.75, 3.05) is 51.2 Å². The van der Waals surface area contributed by atoms with Crippen molar-refractivity contribution < 1.29 is 9.59 Å². The van der Waals surface area contributed by atoms with Crippen LogP contribution in [0.2, 0.25) is 0 Å². The molecule has 1 saturated carbocycles. The number of carbonyl (C=O) groups is 2. The number of nitrogens with one attached hydrogen (secondary N) is 1. The molecule has 28 heavy (non-hydrogen) atoms. The molecule has 3 heterocycles. The van der Waals surface area contributed by atoms with Crippen LogP contribution in [-0.2, 0) is 17.8 Å². The number of hydrogen-bond acceptors (Lipinski definition) is 6. The molecule has 3 aliphatic rings. The first-order chi connectivity index (χ1) is 13.4. The zero-order chi connectivity index (χ0) is 19.7. The van der Waals surface area contributed by atoms with Crippen molar-refractivity contribution in [1.82, 2.24) is 25.3 Å². The number of nitrogens with zero attached hydrogens (tertiary/aromatic N) is 5. The number of piperazine rings is 1. The zero-order valence-corrected chi connectivity index (χ0v) is 16.5. The van der Waals surface area contributed by atoms with E-state index in [-0.39, 0.29) is 17.4 Å². The monoisotopic (exact) mass is 387 g/mol. The predicted molar refractivity (Wildman–Crippen MR) is 105 cm³/mol. The van der Waals surface area contributed by atoms with Crippen LogP contribution in [0.3, 0.4) is 0 Å². The van der Waals surface area contributed by atoms with Gasteiger partial charge in [0.2, 0.25) is 5.91 Å². The van der Waals surface area contributed by atoms with Gasteiger partial charge in [0.15, 0.2) is 5.82 Å². The number of hydrogen-bond donors (Lipinski definition) is 2. The second-order valence-electron chi connectivity index (χ2n) is 8.44. The van der Waals surface area contributed by atoms with E-state index < -0.39 is 0 Å². The number of likely N-dealkylation sites (N-methyl/N-ethyl adjacent to an activating group) is 1. The number of nitrogens with two attached hydrogens (primary N) is 1. The van der Waals surface area contributed by atoms with E-state index in [4.69, 9.17) is 5.73 Å². The highest BCUT2D eigenvalue weighted by atomic mass is 16.2. The first kappa shape index (κ1) is 18.9. The Morgan fingerprint density at radius 2 is 1.93 bits per heavy atom. The number of primary amides is 1. The first-order valence-corrected chi connectivity index (χ1v) is 10.0. The average Bonchev–Trinajstić information content (AvgIpc) is 3.44. The molecule has 0 aromatic carbocycles. The molecule has 9 nitrogen and oxygen atoms in total. The molecule has 3 amide bonds. The maximum atomic E-state index is 12.6. The predicted octanol–water partition coefficient (Wildman–Crippen LogP) is -0.0483. The number of aromatic nitrogens is 2. The molecule has 1 aromatic heterocycles. The third-order valence-electron chi connectivity index (χ3n) is 6.16. The van der Waals surface area contributed by atoms with Gasteiger partial charge in [-0.05, 0) is 36.9 Å². The lowest BCUT2D eigenvalue weighted by Crippen LogP contribution is -2.46. The van der Waals surface area contributed by atoms with Gasteiger partial charge in [-0.25, -0.2) is 4.79 Å². The molecular formula is C19H29N7O2. The molecule has 2 fully saturated rings. The summed E-state index contributed by atoms with van der Waals surface area (Å²) in [5.41, 5.74) is 7.26. The van der Waals surface area contributed by atoms with E-state index in [2.05, 4.69) is 38.4 Å². The highest BCUT2D eigenvalue weighted by Crippen LogP contribution is 2.48. The molecule has 4 rings (SSSR count). The molecule has 0 spiro atoms. The third-order valence-corrected chi connectivity index (χ3v) is 6.16. The maximum Gasteiger partial charge on any atom is 0.317 e. The van der Waals surface area contributed by atoms with Crippen molar-refractivity contribution in [3.8, 4) is 0 Å². The van der Waals surface area contributed by atoms with Crippen LogP contribution < -0.4 is 16.0 Å². The van der Waals surface area contributed by atoms with Crippen LogP contribution in [0.5, 0.6) is 0 Å². The van der Waals surface area contributed by atoms with Crippen molar-refractivity contribution >= 4 is 17.8 Å². The van der Waals surface area contributed by atoms with E-state index in [0.717, 1.165) is 56.1 Å². The summed E-state index contributed by atoms with van der Waals surface area (Å²) in [7, 11) is 2.13. The Kier molecular flexibility index (Phi) is 5.09. The summed E-state index contributed by atoms with van der Waals surface area (Å²) in [6, 6.07) is 2.00. The molecule has 152 valence electrons. The van der Waals surface area contributed by atoms with Crippen molar-refractivity contribution in [3.05, 3.63) is 17.3 Å². The number of fused-ring (bicyclic) bond motifs is 1. The Morgan fingerprint density at radius 1 is 1.18 bits per heavy atom. The van der Waals surface area contributed by atoms with Gasteiger partial charge in [0.25, 0.3) is 0 Å². The lowest BCUT2D eigenvalue weighted by Gasteiger charge is -2.34. The van der Waals surface area contributed by atoms with Gasteiger partial charge < -0.3 is 25.8 Å². The molecule has 3 N–H and O–H groups in total. The minimum atomic E-state index is -0.298. The van der Waals surface area contributed by atoms with Crippen LogP contribution >= 0.6 is 0 Å². The first-order valence-electron chi connectivity index (χ1n) is 10.0. The SMILES string of the molecule is CN1CCN(c2cc3c(nn2)CCN(C(=O)NCC2(CC(N)=O)CC2)C3)CC1. The molecule has 0 unspecified atom stereocenters. The van der Waals surface area contributed by atoms with Gasteiger partial charge in [-0.15, -0.1) is 5.10 Å². The molecule has 9 heteroatoms. The minimum absolute atomic E-state index is 0.0839. The second-order valence-corrected chi connectivity index (χ2v) is 8.44. The normalized spacial score (nSPS) is 21.2. The molecule has 0 bridgehead atoms. The fraction of sp³-hybridized carbons (Fsp3) is 0.684. The molecule has 1 saturated heterocycles. The summed E-state index contributed by atoms with van der Waals surface area (Å²) in [5.74, 6) is 0.598. The number of carbonyl (C=O) groups excluding carboxylic acids is 2. The summed E-state index contributed by atoms with van der Waals surface area (Å²) < 4.78 is 0. The van der Waals surface area contributed by atoms with Gasteiger partial charge in [0.1, 0.15) is 0 Å². The van der Waals surface area contributed by atoms with Crippen molar-refractivity contribution in [2.24, 2.45) is 11.1 Å². The molecular weight excluding hydrogens is 358 g/mol. The van der Waals surface area contributed by atoms with Crippen LogP contribution in [0.15, 0.2) is 6.07 Å². The quantitative estimate of drug-likeness (QED) is 0.734. The van der Waals surface area contributed by atoms with Crippen molar-refractivity contribution in [2.45, 2.75) is 32.2 Å². The fourth-order valence-electron chi connectivity index (χ4n) is 4.02. The standard InChI is InChI=1S/C19H29N7O2/c1-24-6-8-25(9-7-24)17-10-14-12-26(5-2-15(14)22-23-17)18(28)21-13-19(3-4-19)11-16(20)27/h10H,2-9,11-13H2,1H3,(H2,20,27)(H,21,28). The fourth-order valence-corrected chi connectivity index (χ4v) is 4.02. The zero-order valence-electron chi connectivity index (χ0n) is 16.5. The molecule has 0 atom stereocenters. The highest BCUT2D eigenvalue weighted by Gasteiger charge is 2.44.